The Morgan fingerprint density at radius 2 is 2.15 bits per heavy atom. The monoisotopic (exact) mass is 279 g/mol. The first-order valence-corrected chi connectivity index (χ1v) is 7.09. The molecule has 0 aliphatic rings. The van der Waals surface area contributed by atoms with Crippen LogP contribution in [0.4, 0.5) is 11.4 Å². The molecule has 0 spiro atoms. The van der Waals surface area contributed by atoms with Crippen molar-refractivity contribution in [1.29, 1.82) is 0 Å². The minimum absolute atomic E-state index is 0.0319. The summed E-state index contributed by atoms with van der Waals surface area (Å²) in [4.78, 5) is 11.5. The molecule has 1 aromatic rings. The summed E-state index contributed by atoms with van der Waals surface area (Å²) in [5.74, 6) is 0.716. The second-order valence-corrected chi connectivity index (χ2v) is 4.96. The topological polar surface area (TPSA) is 76.4 Å². The van der Waals surface area contributed by atoms with Crippen molar-refractivity contribution in [3.8, 4) is 5.75 Å². The van der Waals surface area contributed by atoms with Crippen LogP contribution in [0.1, 0.15) is 33.6 Å². The van der Waals surface area contributed by atoms with E-state index in [1.54, 1.807) is 0 Å². The molecule has 0 radical (unpaired) electrons. The van der Waals surface area contributed by atoms with E-state index >= 15 is 0 Å². The highest BCUT2D eigenvalue weighted by molar-refractivity contribution is 5.77. The Hall–Kier alpha value is -1.91. The second kappa shape index (κ2) is 8.30. The first-order valence-electron chi connectivity index (χ1n) is 7.09. The van der Waals surface area contributed by atoms with Crippen molar-refractivity contribution in [2.75, 3.05) is 24.2 Å². The molecule has 5 heteroatoms. The summed E-state index contributed by atoms with van der Waals surface area (Å²) in [6.07, 6.45) is 1.35. The van der Waals surface area contributed by atoms with Crippen LogP contribution in [-0.2, 0) is 4.79 Å². The number of para-hydroxylation sites is 1. The Kier molecular flexibility index (Phi) is 6.70. The van der Waals surface area contributed by atoms with Gasteiger partial charge in [0.2, 0.25) is 5.91 Å². The fourth-order valence-electron chi connectivity index (χ4n) is 1.74. The number of nitrogens with one attached hydrogen (secondary N) is 2. The van der Waals surface area contributed by atoms with Gasteiger partial charge in [0.25, 0.3) is 0 Å². The molecule has 0 aromatic heterocycles. The van der Waals surface area contributed by atoms with E-state index in [2.05, 4.69) is 10.6 Å². The van der Waals surface area contributed by atoms with E-state index in [9.17, 15) is 4.79 Å². The zero-order valence-electron chi connectivity index (χ0n) is 12.5. The van der Waals surface area contributed by atoms with Gasteiger partial charge in [0.1, 0.15) is 5.75 Å². The van der Waals surface area contributed by atoms with Gasteiger partial charge < -0.3 is 21.1 Å². The minimum atomic E-state index is 0.0319. The van der Waals surface area contributed by atoms with Crippen molar-refractivity contribution >= 4 is 17.3 Å². The summed E-state index contributed by atoms with van der Waals surface area (Å²) < 4.78 is 5.56. The Morgan fingerprint density at radius 1 is 1.40 bits per heavy atom. The SMILES string of the molecule is CCCOc1cccc(NCCC(=O)NC(C)C)c1N. The summed E-state index contributed by atoms with van der Waals surface area (Å²) in [5.41, 5.74) is 7.42. The van der Waals surface area contributed by atoms with E-state index in [4.69, 9.17) is 10.5 Å². The normalized spacial score (nSPS) is 10.4. The van der Waals surface area contributed by atoms with E-state index in [1.807, 2.05) is 39.0 Å². The fraction of sp³-hybridized carbons (Fsp3) is 0.533. The first kappa shape index (κ1) is 16.1. The molecule has 20 heavy (non-hydrogen) atoms. The second-order valence-electron chi connectivity index (χ2n) is 4.96. The van der Waals surface area contributed by atoms with E-state index in [0.29, 0.717) is 31.0 Å². The van der Waals surface area contributed by atoms with Crippen LogP contribution in [0.3, 0.4) is 0 Å². The number of nitrogens with two attached hydrogens (primary N) is 1. The van der Waals surface area contributed by atoms with Crippen LogP contribution in [-0.4, -0.2) is 25.1 Å². The lowest BCUT2D eigenvalue weighted by molar-refractivity contribution is -0.121. The van der Waals surface area contributed by atoms with Crippen molar-refractivity contribution in [2.45, 2.75) is 39.7 Å². The lowest BCUT2D eigenvalue weighted by Crippen LogP contribution is -2.31. The Bertz CT molecular complexity index is 433. The zero-order chi connectivity index (χ0) is 15.0. The molecular weight excluding hydrogens is 254 g/mol. The van der Waals surface area contributed by atoms with Crippen molar-refractivity contribution in [2.24, 2.45) is 0 Å². The van der Waals surface area contributed by atoms with E-state index in [0.717, 1.165) is 12.1 Å². The maximum atomic E-state index is 11.5. The third-order valence-corrected chi connectivity index (χ3v) is 2.64. The highest BCUT2D eigenvalue weighted by Crippen LogP contribution is 2.29. The van der Waals surface area contributed by atoms with Gasteiger partial charge in [-0.2, -0.15) is 0 Å². The highest BCUT2D eigenvalue weighted by atomic mass is 16.5. The number of rotatable bonds is 8. The molecule has 0 aliphatic carbocycles. The van der Waals surface area contributed by atoms with Gasteiger partial charge in [-0.1, -0.05) is 13.0 Å². The molecule has 0 heterocycles. The van der Waals surface area contributed by atoms with Gasteiger partial charge >= 0.3 is 0 Å². The fourth-order valence-corrected chi connectivity index (χ4v) is 1.74. The van der Waals surface area contributed by atoms with Gasteiger partial charge in [-0.15, -0.1) is 0 Å². The van der Waals surface area contributed by atoms with Crippen LogP contribution in [0.5, 0.6) is 5.75 Å². The number of ether oxygens (including phenoxy) is 1. The van der Waals surface area contributed by atoms with Crippen LogP contribution in [0.15, 0.2) is 18.2 Å². The molecule has 0 atom stereocenters. The van der Waals surface area contributed by atoms with Crippen LogP contribution in [0.2, 0.25) is 0 Å². The van der Waals surface area contributed by atoms with E-state index in [-0.39, 0.29) is 11.9 Å². The number of hydrogen-bond acceptors (Lipinski definition) is 4. The van der Waals surface area contributed by atoms with Gasteiger partial charge in [-0.25, -0.2) is 0 Å². The molecule has 5 nitrogen and oxygen atoms in total. The van der Waals surface area contributed by atoms with Crippen LogP contribution >= 0.6 is 0 Å². The zero-order valence-corrected chi connectivity index (χ0v) is 12.5. The first-order chi connectivity index (χ1) is 9.54. The average Bonchev–Trinajstić information content (AvgIpc) is 2.38. The van der Waals surface area contributed by atoms with Crippen molar-refractivity contribution in [3.63, 3.8) is 0 Å². The molecule has 0 saturated heterocycles. The molecule has 1 amide bonds. The molecule has 0 fully saturated rings. The Labute approximate surface area is 120 Å². The van der Waals surface area contributed by atoms with Crippen LogP contribution in [0.25, 0.3) is 0 Å². The highest BCUT2D eigenvalue weighted by Gasteiger charge is 2.07. The Morgan fingerprint density at radius 3 is 2.80 bits per heavy atom. The maximum absolute atomic E-state index is 11.5. The molecule has 1 rings (SSSR count). The van der Waals surface area contributed by atoms with Gasteiger partial charge in [-0.3, -0.25) is 4.79 Å². The van der Waals surface area contributed by atoms with Crippen molar-refractivity contribution in [3.05, 3.63) is 18.2 Å². The number of carbonyl (C=O) groups excluding carboxylic acids is 1. The lowest BCUT2D eigenvalue weighted by Gasteiger charge is -2.14. The third-order valence-electron chi connectivity index (χ3n) is 2.64. The number of carbonyl (C=O) groups is 1. The molecule has 4 N–H and O–H groups in total. The summed E-state index contributed by atoms with van der Waals surface area (Å²) in [7, 11) is 0. The summed E-state index contributed by atoms with van der Waals surface area (Å²) >= 11 is 0. The molecule has 1 aromatic carbocycles. The van der Waals surface area contributed by atoms with Gasteiger partial charge in [0, 0.05) is 19.0 Å². The maximum Gasteiger partial charge on any atom is 0.221 e. The molecule has 0 unspecified atom stereocenters. The van der Waals surface area contributed by atoms with Crippen molar-refractivity contribution in [1.82, 2.24) is 5.32 Å². The number of nitrogen functional groups attached to an aromatic ring is 1. The number of anilines is 2. The molecule has 0 aliphatic heterocycles. The largest absolute Gasteiger partial charge is 0.491 e. The van der Waals surface area contributed by atoms with Crippen molar-refractivity contribution < 1.29 is 9.53 Å². The summed E-state index contributed by atoms with van der Waals surface area (Å²) in [6.45, 7) is 7.12. The number of benzene rings is 1. The predicted molar refractivity (Wildman–Crippen MR) is 83.0 cm³/mol. The third kappa shape index (κ3) is 5.38. The average molecular weight is 279 g/mol. The Balaban J connectivity index is 2.49. The molecule has 0 bridgehead atoms. The van der Waals surface area contributed by atoms with Gasteiger partial charge in [-0.05, 0) is 32.4 Å². The van der Waals surface area contributed by atoms with Gasteiger partial charge in [0.15, 0.2) is 0 Å². The summed E-state index contributed by atoms with van der Waals surface area (Å²) in [6, 6.07) is 5.78. The predicted octanol–water partition coefficient (Wildman–Crippen LogP) is 2.38. The quantitative estimate of drug-likeness (QED) is 0.639. The van der Waals surface area contributed by atoms with Crippen LogP contribution < -0.4 is 21.1 Å². The number of amides is 1. The number of hydrogen-bond donors (Lipinski definition) is 3. The van der Waals surface area contributed by atoms with E-state index in [1.165, 1.54) is 0 Å². The minimum Gasteiger partial charge on any atom is -0.491 e. The van der Waals surface area contributed by atoms with E-state index < -0.39 is 0 Å². The molecular formula is C15H25N3O2. The smallest absolute Gasteiger partial charge is 0.221 e. The van der Waals surface area contributed by atoms with Gasteiger partial charge in [0.05, 0.1) is 18.0 Å². The standard InChI is InChI=1S/C15H25N3O2/c1-4-10-20-13-7-5-6-12(15(13)16)17-9-8-14(19)18-11(2)3/h5-7,11,17H,4,8-10,16H2,1-3H3,(H,18,19). The van der Waals surface area contributed by atoms with Crippen LogP contribution in [0, 0.1) is 0 Å². The molecule has 0 saturated carbocycles. The molecule has 112 valence electrons. The lowest BCUT2D eigenvalue weighted by atomic mass is 10.2. The summed E-state index contributed by atoms with van der Waals surface area (Å²) in [5, 5.41) is 6.02.